The quantitative estimate of drug-likeness (QED) is 0.814. The van der Waals surface area contributed by atoms with Crippen LogP contribution in [0.4, 0.5) is 0 Å². The first-order valence-corrected chi connectivity index (χ1v) is 7.80. The van der Waals surface area contributed by atoms with Gasteiger partial charge in [0.15, 0.2) is 11.5 Å². The summed E-state index contributed by atoms with van der Waals surface area (Å²) in [5.41, 5.74) is 3.29. The van der Waals surface area contributed by atoms with Gasteiger partial charge >= 0.3 is 0 Å². The number of ether oxygens (including phenoxy) is 2. The normalized spacial score (nSPS) is 16.7. The average molecular weight is 310 g/mol. The zero-order valence-electron chi connectivity index (χ0n) is 13.8. The molecule has 0 atom stereocenters. The van der Waals surface area contributed by atoms with Crippen LogP contribution in [0.1, 0.15) is 31.9 Å². The van der Waals surface area contributed by atoms with Crippen molar-refractivity contribution in [3.63, 3.8) is 0 Å². The molecule has 2 aromatic carbocycles. The number of hydrogen-bond acceptors (Lipinski definition) is 3. The molecule has 3 rings (SSSR count). The third-order valence-corrected chi connectivity index (χ3v) is 3.91. The van der Waals surface area contributed by atoms with Gasteiger partial charge in [-0.3, -0.25) is 0 Å². The number of benzene rings is 2. The Hall–Kier alpha value is -2.42. The van der Waals surface area contributed by atoms with Crippen molar-refractivity contribution < 1.29 is 14.6 Å². The average Bonchev–Trinajstić information content (AvgIpc) is 2.68. The van der Waals surface area contributed by atoms with Gasteiger partial charge in [0.05, 0.1) is 13.2 Å². The Labute approximate surface area is 137 Å². The molecule has 1 heterocycles. The number of fused-ring (bicyclic) bond motifs is 1. The maximum absolute atomic E-state index is 9.36. The molecule has 0 saturated heterocycles. The van der Waals surface area contributed by atoms with E-state index >= 15 is 0 Å². The van der Waals surface area contributed by atoms with E-state index in [4.69, 9.17) is 9.47 Å². The Kier molecular flexibility index (Phi) is 4.03. The lowest BCUT2D eigenvalue weighted by molar-refractivity contribution is 0.140. The Morgan fingerprint density at radius 2 is 1.65 bits per heavy atom. The lowest BCUT2D eigenvalue weighted by atomic mass is 9.97. The maximum atomic E-state index is 9.36. The molecule has 0 radical (unpaired) electrons. The van der Waals surface area contributed by atoms with E-state index in [1.807, 2.05) is 30.3 Å². The van der Waals surface area contributed by atoms with Gasteiger partial charge in [0.2, 0.25) is 0 Å². The third kappa shape index (κ3) is 3.67. The van der Waals surface area contributed by atoms with E-state index in [1.54, 1.807) is 12.1 Å². The molecule has 0 spiro atoms. The summed E-state index contributed by atoms with van der Waals surface area (Å²) in [7, 11) is 0. The summed E-state index contributed by atoms with van der Waals surface area (Å²) in [6.07, 6.45) is 2.09. The zero-order valence-corrected chi connectivity index (χ0v) is 13.8. The summed E-state index contributed by atoms with van der Waals surface area (Å²) in [5.74, 6) is 1.88. The van der Waals surface area contributed by atoms with Crippen LogP contribution in [-0.2, 0) is 0 Å². The minimum atomic E-state index is 0.0100. The van der Waals surface area contributed by atoms with Gasteiger partial charge in [-0.25, -0.2) is 0 Å². The molecule has 3 heteroatoms. The topological polar surface area (TPSA) is 38.7 Å². The molecule has 0 amide bonds. The first-order valence-electron chi connectivity index (χ1n) is 7.80. The molecule has 0 aromatic heterocycles. The van der Waals surface area contributed by atoms with Gasteiger partial charge in [0.1, 0.15) is 5.75 Å². The number of allylic oxidation sites excluding steroid dienone is 1. The molecule has 23 heavy (non-hydrogen) atoms. The van der Waals surface area contributed by atoms with Gasteiger partial charge in [-0.15, -0.1) is 0 Å². The second-order valence-corrected chi connectivity index (χ2v) is 6.82. The monoisotopic (exact) mass is 310 g/mol. The van der Waals surface area contributed by atoms with E-state index in [2.05, 4.69) is 26.8 Å². The largest absolute Gasteiger partial charge is 0.508 e. The standard InChI is InChI=1S/C20H22O3/c1-14(10-15-4-7-17(21)8-5-15)16-6-9-18-19(11-16)23-13-20(2,3)12-22-18/h4-11,21H,12-13H2,1-3H3/b14-10+. The highest BCUT2D eigenvalue weighted by Crippen LogP contribution is 2.36. The van der Waals surface area contributed by atoms with Gasteiger partial charge in [-0.1, -0.05) is 38.1 Å². The number of hydrogen-bond donors (Lipinski definition) is 1. The SMILES string of the molecule is C/C(=C\c1ccc(O)cc1)c1ccc2c(c1)OCC(C)(C)CO2. The Morgan fingerprint density at radius 1 is 1.00 bits per heavy atom. The fourth-order valence-electron chi connectivity index (χ4n) is 2.48. The van der Waals surface area contributed by atoms with Crippen LogP contribution in [0.2, 0.25) is 0 Å². The maximum Gasteiger partial charge on any atom is 0.161 e. The van der Waals surface area contributed by atoms with E-state index in [9.17, 15) is 5.11 Å². The fraction of sp³-hybridized carbons (Fsp3) is 0.300. The van der Waals surface area contributed by atoms with E-state index < -0.39 is 0 Å². The zero-order chi connectivity index (χ0) is 16.4. The summed E-state index contributed by atoms with van der Waals surface area (Å²) >= 11 is 0. The first kappa shape index (κ1) is 15.5. The predicted octanol–water partition coefficient (Wildman–Crippen LogP) is 4.75. The Morgan fingerprint density at radius 3 is 2.35 bits per heavy atom. The van der Waals surface area contributed by atoms with Crippen molar-refractivity contribution in [2.75, 3.05) is 13.2 Å². The molecule has 1 N–H and O–H groups in total. The first-order chi connectivity index (χ1) is 10.9. The highest BCUT2D eigenvalue weighted by molar-refractivity contribution is 5.81. The molecule has 3 nitrogen and oxygen atoms in total. The molecule has 2 aromatic rings. The number of rotatable bonds is 2. The van der Waals surface area contributed by atoms with Crippen molar-refractivity contribution in [2.45, 2.75) is 20.8 Å². The third-order valence-electron chi connectivity index (χ3n) is 3.91. The molecule has 0 fully saturated rings. The number of phenols is 1. The molecule has 120 valence electrons. The fourth-order valence-corrected chi connectivity index (χ4v) is 2.48. The van der Waals surface area contributed by atoms with E-state index in [0.29, 0.717) is 13.2 Å². The van der Waals surface area contributed by atoms with Gasteiger partial charge in [0, 0.05) is 5.41 Å². The van der Waals surface area contributed by atoms with Crippen molar-refractivity contribution >= 4 is 11.6 Å². The second-order valence-electron chi connectivity index (χ2n) is 6.82. The second kappa shape index (κ2) is 5.99. The van der Waals surface area contributed by atoms with Crippen LogP contribution in [0.5, 0.6) is 17.2 Å². The highest BCUT2D eigenvalue weighted by atomic mass is 16.5. The summed E-state index contributed by atoms with van der Waals surface area (Å²) < 4.78 is 11.8. The van der Waals surface area contributed by atoms with Crippen molar-refractivity contribution in [3.05, 3.63) is 53.6 Å². The van der Waals surface area contributed by atoms with E-state index in [0.717, 1.165) is 28.2 Å². The van der Waals surface area contributed by atoms with Crippen molar-refractivity contribution in [1.29, 1.82) is 0 Å². The summed E-state index contributed by atoms with van der Waals surface area (Å²) in [6.45, 7) is 7.63. The summed E-state index contributed by atoms with van der Waals surface area (Å²) in [6, 6.07) is 13.2. The molecule has 1 aliphatic rings. The highest BCUT2D eigenvalue weighted by Gasteiger charge is 2.25. The molecule has 0 saturated carbocycles. The van der Waals surface area contributed by atoms with Crippen LogP contribution in [0.3, 0.4) is 0 Å². The van der Waals surface area contributed by atoms with Crippen molar-refractivity contribution in [2.24, 2.45) is 5.41 Å². The van der Waals surface area contributed by atoms with Crippen LogP contribution in [0.25, 0.3) is 11.6 Å². The molecule has 0 aliphatic carbocycles. The molecule has 0 bridgehead atoms. The molecular formula is C20H22O3. The lowest BCUT2D eigenvalue weighted by Gasteiger charge is -2.19. The molecular weight excluding hydrogens is 288 g/mol. The van der Waals surface area contributed by atoms with E-state index in [-0.39, 0.29) is 11.2 Å². The molecule has 0 unspecified atom stereocenters. The lowest BCUT2D eigenvalue weighted by Crippen LogP contribution is -2.26. The number of aromatic hydroxyl groups is 1. The minimum absolute atomic E-state index is 0.0100. The van der Waals surface area contributed by atoms with Crippen LogP contribution in [0.15, 0.2) is 42.5 Å². The molecule has 1 aliphatic heterocycles. The van der Waals surface area contributed by atoms with Gasteiger partial charge in [0.25, 0.3) is 0 Å². The van der Waals surface area contributed by atoms with Gasteiger partial charge < -0.3 is 14.6 Å². The summed E-state index contributed by atoms with van der Waals surface area (Å²) in [4.78, 5) is 0. The van der Waals surface area contributed by atoms with Crippen LogP contribution in [-0.4, -0.2) is 18.3 Å². The van der Waals surface area contributed by atoms with Crippen LogP contribution < -0.4 is 9.47 Å². The van der Waals surface area contributed by atoms with Gasteiger partial charge in [-0.05, 0) is 47.9 Å². The Bertz CT molecular complexity index is 727. The smallest absolute Gasteiger partial charge is 0.161 e. The van der Waals surface area contributed by atoms with Crippen LogP contribution in [0, 0.1) is 5.41 Å². The number of phenolic OH excluding ortho intramolecular Hbond substituents is 1. The van der Waals surface area contributed by atoms with Crippen molar-refractivity contribution in [3.8, 4) is 17.2 Å². The Balaban J connectivity index is 1.87. The van der Waals surface area contributed by atoms with Crippen molar-refractivity contribution in [1.82, 2.24) is 0 Å². The summed E-state index contributed by atoms with van der Waals surface area (Å²) in [5, 5.41) is 9.36. The van der Waals surface area contributed by atoms with Gasteiger partial charge in [-0.2, -0.15) is 0 Å². The predicted molar refractivity (Wildman–Crippen MR) is 92.9 cm³/mol. The van der Waals surface area contributed by atoms with E-state index in [1.165, 1.54) is 0 Å². The van der Waals surface area contributed by atoms with Crippen LogP contribution >= 0.6 is 0 Å². The minimum Gasteiger partial charge on any atom is -0.508 e.